The number of carbonyl (C=O) groups is 2. The summed E-state index contributed by atoms with van der Waals surface area (Å²) in [6.07, 6.45) is -2.58. The summed E-state index contributed by atoms with van der Waals surface area (Å²) in [4.78, 5) is 25.8. The average molecular weight is 727 g/mol. The van der Waals surface area contributed by atoms with E-state index in [1.54, 1.807) is 13.8 Å². The number of ether oxygens (including phenoxy) is 3. The van der Waals surface area contributed by atoms with Gasteiger partial charge in [0.25, 0.3) is 0 Å². The molecule has 0 amide bonds. The van der Waals surface area contributed by atoms with Gasteiger partial charge < -0.3 is 40.0 Å². The third-order valence-electron chi connectivity index (χ3n) is 12.0. The first kappa shape index (κ1) is 38.2. The van der Waals surface area contributed by atoms with Gasteiger partial charge in [-0.15, -0.1) is 8.67 Å². The van der Waals surface area contributed by atoms with Crippen molar-refractivity contribution in [3.8, 4) is 0 Å². The van der Waals surface area contributed by atoms with E-state index in [-0.39, 0.29) is 54.3 Å². The number of hydrogen-bond acceptors (Lipinski definition) is 16. The highest BCUT2D eigenvalue weighted by Gasteiger charge is 2.67. The number of hydrogen-bond donors (Lipinski definition) is 3. The molecule has 0 radical (unpaired) electrons. The molecule has 0 aromatic carbocycles. The summed E-state index contributed by atoms with van der Waals surface area (Å²) in [5.74, 6) is -2.09. The van der Waals surface area contributed by atoms with Crippen molar-refractivity contribution in [2.45, 2.75) is 121 Å². The summed E-state index contributed by atoms with van der Waals surface area (Å²) in [6.45, 7) is 6.98. The number of carboxylic acid groups (broad SMARTS) is 1. The summed E-state index contributed by atoms with van der Waals surface area (Å²) in [5, 5.41) is 58.7. The molecular formula is C30H46O16S2-2. The molecule has 5 fully saturated rings. The summed E-state index contributed by atoms with van der Waals surface area (Å²) in [5.41, 5.74) is -0.832. The normalized spacial score (nSPS) is 44.5. The SMILES string of the molecule is CC(C)CC(=O)OC1[C@H](OC2CC(C(=O)O)C3CCC45CC(CCC4C3(C)C2)C(C)[C@@H]5O)O[C@@H](CO)[C@@H](S(=O)OO[O-])[C@@H]1OSOO[O-]. The molecule has 0 aromatic heterocycles. The number of rotatable bonds is 14. The van der Waals surface area contributed by atoms with Gasteiger partial charge in [0.05, 0.1) is 24.7 Å². The van der Waals surface area contributed by atoms with Gasteiger partial charge in [-0.25, -0.2) is 4.21 Å². The molecule has 15 atom stereocenters. The van der Waals surface area contributed by atoms with Gasteiger partial charge in [-0.05, 0) is 80.0 Å². The molecule has 276 valence electrons. The van der Waals surface area contributed by atoms with Crippen LogP contribution in [0.1, 0.15) is 79.1 Å². The Balaban J connectivity index is 1.48. The van der Waals surface area contributed by atoms with Crippen LogP contribution in [0.4, 0.5) is 0 Å². The van der Waals surface area contributed by atoms with E-state index in [2.05, 4.69) is 32.6 Å². The van der Waals surface area contributed by atoms with Crippen LogP contribution < -0.4 is 10.5 Å². The van der Waals surface area contributed by atoms with Crippen molar-refractivity contribution in [1.82, 2.24) is 0 Å². The number of esters is 1. The predicted molar refractivity (Wildman–Crippen MR) is 158 cm³/mol. The Labute approximate surface area is 285 Å². The zero-order chi connectivity index (χ0) is 35.0. The van der Waals surface area contributed by atoms with E-state index in [9.17, 15) is 39.6 Å². The maximum absolute atomic E-state index is 13.0. The molecule has 5 rings (SSSR count). The Bertz CT molecular complexity index is 1160. The lowest BCUT2D eigenvalue weighted by atomic mass is 9.43. The van der Waals surface area contributed by atoms with Gasteiger partial charge in [0.2, 0.25) is 0 Å². The zero-order valence-electron chi connectivity index (χ0n) is 27.3. The Kier molecular flexibility index (Phi) is 12.5. The third kappa shape index (κ3) is 7.20. The van der Waals surface area contributed by atoms with Gasteiger partial charge in [-0.3, -0.25) is 23.8 Å². The average Bonchev–Trinajstić information content (AvgIpc) is 3.20. The largest absolute Gasteiger partial charge is 0.691 e. The van der Waals surface area contributed by atoms with Crippen LogP contribution in [0.15, 0.2) is 0 Å². The predicted octanol–water partition coefficient (Wildman–Crippen LogP) is 0.799. The van der Waals surface area contributed by atoms with Gasteiger partial charge in [0.15, 0.2) is 35.8 Å². The van der Waals surface area contributed by atoms with Gasteiger partial charge in [-0.2, -0.15) is 0 Å². The minimum atomic E-state index is -2.66. The first-order valence-electron chi connectivity index (χ1n) is 16.5. The van der Waals surface area contributed by atoms with Gasteiger partial charge >= 0.3 is 11.9 Å². The lowest BCUT2D eigenvalue weighted by molar-refractivity contribution is -0.778. The summed E-state index contributed by atoms with van der Waals surface area (Å²) >= 11 is -2.65. The van der Waals surface area contributed by atoms with E-state index in [4.69, 9.17) is 18.4 Å². The smallest absolute Gasteiger partial charge is 0.306 e. The second-order valence-corrected chi connectivity index (χ2v) is 16.5. The van der Waals surface area contributed by atoms with Crippen molar-refractivity contribution in [3.63, 3.8) is 0 Å². The van der Waals surface area contributed by atoms with Crippen LogP contribution >= 0.6 is 12.3 Å². The topological polar surface area (TPSA) is 232 Å². The molecule has 4 aliphatic carbocycles. The number of aliphatic carboxylic acids is 1. The van der Waals surface area contributed by atoms with Crippen LogP contribution in [0.25, 0.3) is 0 Å². The minimum Gasteiger partial charge on any atom is -0.691 e. The van der Waals surface area contributed by atoms with Crippen LogP contribution in [0.3, 0.4) is 0 Å². The summed E-state index contributed by atoms with van der Waals surface area (Å²) in [6, 6.07) is 0. The van der Waals surface area contributed by atoms with Crippen LogP contribution in [0.5, 0.6) is 0 Å². The maximum atomic E-state index is 13.0. The summed E-state index contributed by atoms with van der Waals surface area (Å²) in [7, 11) is 0. The van der Waals surface area contributed by atoms with Crippen LogP contribution in [0, 0.1) is 46.3 Å². The molecule has 3 N–H and O–H groups in total. The number of aliphatic hydroxyl groups is 2. The van der Waals surface area contributed by atoms with E-state index in [0.29, 0.717) is 18.8 Å². The molecule has 5 aliphatic rings. The lowest BCUT2D eigenvalue weighted by Gasteiger charge is -2.62. The van der Waals surface area contributed by atoms with Crippen molar-refractivity contribution in [3.05, 3.63) is 0 Å². The molecule has 48 heavy (non-hydrogen) atoms. The molecule has 18 heteroatoms. The monoisotopic (exact) mass is 726 g/mol. The number of fused-ring (bicyclic) bond motifs is 3. The van der Waals surface area contributed by atoms with E-state index in [1.165, 1.54) is 0 Å². The fourth-order valence-corrected chi connectivity index (χ4v) is 11.6. The van der Waals surface area contributed by atoms with Crippen LogP contribution in [0.2, 0.25) is 0 Å². The van der Waals surface area contributed by atoms with Crippen molar-refractivity contribution in [1.29, 1.82) is 0 Å². The van der Waals surface area contributed by atoms with Crippen molar-refractivity contribution in [2.24, 2.45) is 46.3 Å². The molecule has 1 heterocycles. The van der Waals surface area contributed by atoms with E-state index in [0.717, 1.165) is 25.7 Å². The van der Waals surface area contributed by atoms with E-state index in [1.807, 2.05) is 0 Å². The first-order valence-corrected chi connectivity index (χ1v) is 18.3. The van der Waals surface area contributed by atoms with Crippen LogP contribution in [-0.4, -0.2) is 80.1 Å². The molecule has 16 nitrogen and oxygen atoms in total. The molecule has 1 saturated heterocycles. The zero-order valence-corrected chi connectivity index (χ0v) is 29.0. The molecule has 1 spiro atoms. The van der Waals surface area contributed by atoms with Crippen molar-refractivity contribution in [2.75, 3.05) is 6.61 Å². The molecule has 2 bridgehead atoms. The molecule has 1 aliphatic heterocycles. The van der Waals surface area contributed by atoms with E-state index >= 15 is 0 Å². The standard InChI is InChI=1S/C30H48O16S2/c1-14(2)9-22(32)41-24-23(42-47-45-43-36)25(48(38)46-44-37)20(13-31)40-28(24)39-17-10-18(27(34)35)19-7-8-30-11-16(15(3)26(30)33)5-6-21(30)29(19,4)12-17/h14-21,23-26,28,31,33,36-37H,5-13H2,1-4H3,(H,34,35)/p-2/t15?,16?,17?,18?,19?,20-,21?,23+,24?,25+,26-,28+,29?,30?,48?/m0/s1. The quantitative estimate of drug-likeness (QED) is 0.0561. The molecule has 4 saturated carbocycles. The fourth-order valence-electron chi connectivity index (χ4n) is 10.2. The highest BCUT2D eigenvalue weighted by Crippen LogP contribution is 2.71. The Hall–Kier alpha value is -1.00. The Morgan fingerprint density at radius 1 is 1.12 bits per heavy atom. The first-order chi connectivity index (χ1) is 22.8. The third-order valence-corrected chi connectivity index (χ3v) is 13.6. The summed E-state index contributed by atoms with van der Waals surface area (Å²) < 4.78 is 45.3. The highest BCUT2D eigenvalue weighted by atomic mass is 32.2. The van der Waals surface area contributed by atoms with Gasteiger partial charge in [0, 0.05) is 11.8 Å². The second kappa shape index (κ2) is 15.7. The van der Waals surface area contributed by atoms with E-state index < -0.39 is 83.0 Å². The van der Waals surface area contributed by atoms with Crippen LogP contribution in [-0.2, 0) is 57.8 Å². The molecular weight excluding hydrogens is 680 g/mol. The maximum Gasteiger partial charge on any atom is 0.306 e. The van der Waals surface area contributed by atoms with Crippen molar-refractivity contribution >= 4 is 35.3 Å². The molecule has 0 aromatic rings. The van der Waals surface area contributed by atoms with Gasteiger partial charge in [-0.1, -0.05) is 27.7 Å². The minimum absolute atomic E-state index is 0.0125. The second-order valence-electron chi connectivity index (χ2n) is 14.8. The van der Waals surface area contributed by atoms with Crippen molar-refractivity contribution < 1.29 is 76.8 Å². The number of carboxylic acids is 1. The lowest BCUT2D eigenvalue weighted by Crippen LogP contribution is -2.64. The Morgan fingerprint density at radius 3 is 2.52 bits per heavy atom. The fraction of sp³-hybridized carbons (Fsp3) is 0.933. The highest BCUT2D eigenvalue weighted by molar-refractivity contribution is 7.89. The molecule has 10 unspecified atom stereocenters. The number of carbonyl (C=O) groups excluding carboxylic acids is 1. The number of aliphatic hydroxyl groups excluding tert-OH is 2. The van der Waals surface area contributed by atoms with Gasteiger partial charge in [0.1, 0.15) is 17.5 Å². The Morgan fingerprint density at radius 2 is 1.88 bits per heavy atom.